The smallest absolute Gasteiger partial charge is 0.319 e. The second kappa shape index (κ2) is 8.82. The Morgan fingerprint density at radius 3 is 2.22 bits per heavy atom. The molecule has 3 amide bonds. The third-order valence-corrected chi connectivity index (χ3v) is 8.50. The Bertz CT molecular complexity index is 1120. The minimum atomic E-state index is -3.71. The number of sulfonamides is 1. The molecule has 2 saturated heterocycles. The first-order valence-corrected chi connectivity index (χ1v) is 12.3. The van der Waals surface area contributed by atoms with E-state index in [1.165, 1.54) is 15.3 Å². The van der Waals surface area contributed by atoms with E-state index in [1.54, 1.807) is 18.2 Å². The summed E-state index contributed by atoms with van der Waals surface area (Å²) in [6.45, 7) is 3.26. The third-order valence-electron chi connectivity index (χ3n) is 6.10. The zero-order chi connectivity index (χ0) is 22.9. The number of nitrogens with zero attached hydrogens (tertiary/aromatic N) is 3. The van der Waals surface area contributed by atoms with Crippen LogP contribution in [0.1, 0.15) is 18.9 Å². The molecule has 32 heavy (non-hydrogen) atoms. The van der Waals surface area contributed by atoms with Crippen LogP contribution >= 0.6 is 11.6 Å². The monoisotopic (exact) mass is 476 g/mol. The molecule has 10 heteroatoms. The number of benzene rings is 2. The summed E-state index contributed by atoms with van der Waals surface area (Å²) in [5.41, 5.74) is -0.327. The number of hydrogen-bond acceptors (Lipinski definition) is 5. The Morgan fingerprint density at radius 2 is 1.59 bits per heavy atom. The first-order chi connectivity index (χ1) is 15.3. The normalized spacial score (nSPS) is 22.9. The van der Waals surface area contributed by atoms with E-state index in [2.05, 4.69) is 5.32 Å². The quantitative estimate of drug-likeness (QED) is 0.647. The highest BCUT2D eigenvalue weighted by Crippen LogP contribution is 2.32. The van der Waals surface area contributed by atoms with Crippen molar-refractivity contribution in [3.63, 3.8) is 0 Å². The van der Waals surface area contributed by atoms with Gasteiger partial charge >= 0.3 is 6.03 Å². The van der Waals surface area contributed by atoms with Gasteiger partial charge in [0.2, 0.25) is 10.0 Å². The molecule has 0 aliphatic carbocycles. The second-order valence-corrected chi connectivity index (χ2v) is 10.2. The van der Waals surface area contributed by atoms with E-state index in [9.17, 15) is 18.0 Å². The summed E-state index contributed by atoms with van der Waals surface area (Å²) >= 11 is 6.09. The van der Waals surface area contributed by atoms with Crippen LogP contribution < -0.4 is 5.32 Å². The van der Waals surface area contributed by atoms with Crippen LogP contribution in [0.4, 0.5) is 4.79 Å². The van der Waals surface area contributed by atoms with E-state index in [4.69, 9.17) is 11.6 Å². The Balaban J connectivity index is 1.44. The fourth-order valence-electron chi connectivity index (χ4n) is 4.22. The average molecular weight is 477 g/mol. The van der Waals surface area contributed by atoms with Crippen molar-refractivity contribution in [1.29, 1.82) is 0 Å². The lowest BCUT2D eigenvalue weighted by Crippen LogP contribution is -2.52. The molecule has 0 unspecified atom stereocenters. The number of hydrogen-bond donors (Lipinski definition) is 1. The zero-order valence-electron chi connectivity index (χ0n) is 17.7. The van der Waals surface area contributed by atoms with E-state index in [0.29, 0.717) is 19.5 Å². The Kier molecular flexibility index (Phi) is 6.26. The van der Waals surface area contributed by atoms with E-state index in [0.717, 1.165) is 5.56 Å². The maximum absolute atomic E-state index is 13.3. The predicted molar refractivity (Wildman–Crippen MR) is 120 cm³/mol. The minimum Gasteiger partial charge on any atom is -0.319 e. The van der Waals surface area contributed by atoms with E-state index in [-0.39, 0.29) is 35.6 Å². The molecule has 0 saturated carbocycles. The molecule has 1 N–H and O–H groups in total. The van der Waals surface area contributed by atoms with Crippen molar-refractivity contribution in [2.75, 3.05) is 32.8 Å². The van der Waals surface area contributed by atoms with Gasteiger partial charge < -0.3 is 5.32 Å². The fourth-order valence-corrected chi connectivity index (χ4v) is 6.14. The SMILES string of the molecule is CC[C@@]1(c2ccccc2)NC(=O)N(CN2CCN(S(=O)(=O)c3ccccc3Cl)CC2)C1=O. The van der Waals surface area contributed by atoms with Gasteiger partial charge in [0.15, 0.2) is 0 Å². The van der Waals surface area contributed by atoms with E-state index in [1.807, 2.05) is 42.2 Å². The van der Waals surface area contributed by atoms with Crippen molar-refractivity contribution in [3.8, 4) is 0 Å². The summed E-state index contributed by atoms with van der Waals surface area (Å²) in [6, 6.07) is 15.1. The molecule has 1 atom stereocenters. The summed E-state index contributed by atoms with van der Waals surface area (Å²) in [5, 5.41) is 3.06. The number of carbonyl (C=O) groups excluding carboxylic acids is 2. The van der Waals surface area contributed by atoms with Crippen molar-refractivity contribution in [1.82, 2.24) is 19.4 Å². The van der Waals surface area contributed by atoms with Crippen LogP contribution in [0.3, 0.4) is 0 Å². The predicted octanol–water partition coefficient (Wildman–Crippen LogP) is 2.46. The van der Waals surface area contributed by atoms with Gasteiger partial charge in [-0.15, -0.1) is 0 Å². The number of imide groups is 1. The fraction of sp³-hybridized carbons (Fsp3) is 0.364. The molecule has 0 bridgehead atoms. The molecule has 0 spiro atoms. The summed E-state index contributed by atoms with van der Waals surface area (Å²) in [5.74, 6) is -0.290. The minimum absolute atomic E-state index is 0.0832. The number of carbonyl (C=O) groups is 2. The number of halogens is 1. The highest BCUT2D eigenvalue weighted by Gasteiger charge is 2.51. The molecule has 2 aromatic carbocycles. The van der Waals surface area contributed by atoms with Crippen LogP contribution in [0, 0.1) is 0 Å². The molecule has 170 valence electrons. The summed E-state index contributed by atoms with van der Waals surface area (Å²) < 4.78 is 27.3. The summed E-state index contributed by atoms with van der Waals surface area (Å²) in [7, 11) is -3.71. The number of urea groups is 1. The molecule has 4 rings (SSSR count). The van der Waals surface area contributed by atoms with Gasteiger partial charge in [-0.2, -0.15) is 4.31 Å². The van der Waals surface area contributed by atoms with Crippen LogP contribution in [-0.4, -0.2) is 67.3 Å². The van der Waals surface area contributed by atoms with Crippen LogP contribution in [0.25, 0.3) is 0 Å². The van der Waals surface area contributed by atoms with Gasteiger partial charge in [-0.1, -0.05) is 61.0 Å². The van der Waals surface area contributed by atoms with Crippen LogP contribution in [0.2, 0.25) is 5.02 Å². The Labute approximate surface area is 192 Å². The molecular formula is C22H25ClN4O4S. The van der Waals surface area contributed by atoms with Crippen LogP contribution in [-0.2, 0) is 20.4 Å². The maximum atomic E-state index is 13.3. The number of piperazine rings is 1. The first-order valence-electron chi connectivity index (χ1n) is 10.5. The van der Waals surface area contributed by atoms with Crippen molar-refractivity contribution >= 4 is 33.6 Å². The Hall–Kier alpha value is -2.46. The van der Waals surface area contributed by atoms with Gasteiger partial charge in [-0.05, 0) is 24.1 Å². The molecule has 2 heterocycles. The summed E-state index contributed by atoms with van der Waals surface area (Å²) in [6.07, 6.45) is 0.432. The van der Waals surface area contributed by atoms with Gasteiger partial charge in [0.1, 0.15) is 10.4 Å². The average Bonchev–Trinajstić information content (AvgIpc) is 3.05. The lowest BCUT2D eigenvalue weighted by Gasteiger charge is -2.35. The second-order valence-electron chi connectivity index (χ2n) is 7.88. The lowest BCUT2D eigenvalue weighted by atomic mass is 9.87. The van der Waals surface area contributed by atoms with Crippen LogP contribution in [0.5, 0.6) is 0 Å². The van der Waals surface area contributed by atoms with Crippen LogP contribution in [0.15, 0.2) is 59.5 Å². The summed E-state index contributed by atoms with van der Waals surface area (Å²) in [4.78, 5) is 29.2. The van der Waals surface area contributed by atoms with Gasteiger partial charge in [-0.25, -0.2) is 18.1 Å². The number of rotatable bonds is 6. The Morgan fingerprint density at radius 1 is 0.969 bits per heavy atom. The number of nitrogens with one attached hydrogen (secondary N) is 1. The molecule has 0 radical (unpaired) electrons. The molecule has 2 aliphatic heterocycles. The van der Waals surface area contributed by atoms with Gasteiger partial charge in [0.25, 0.3) is 5.91 Å². The number of amides is 3. The maximum Gasteiger partial charge on any atom is 0.326 e. The highest BCUT2D eigenvalue weighted by atomic mass is 35.5. The van der Waals surface area contributed by atoms with Crippen molar-refractivity contribution in [3.05, 3.63) is 65.2 Å². The largest absolute Gasteiger partial charge is 0.326 e. The van der Waals surface area contributed by atoms with Gasteiger partial charge in [0, 0.05) is 26.2 Å². The molecule has 8 nitrogen and oxygen atoms in total. The molecule has 2 aliphatic rings. The highest BCUT2D eigenvalue weighted by molar-refractivity contribution is 7.89. The third kappa shape index (κ3) is 3.90. The van der Waals surface area contributed by atoms with Gasteiger partial charge in [-0.3, -0.25) is 9.69 Å². The van der Waals surface area contributed by atoms with Gasteiger partial charge in [0.05, 0.1) is 11.7 Å². The van der Waals surface area contributed by atoms with Crippen molar-refractivity contribution < 1.29 is 18.0 Å². The van der Waals surface area contributed by atoms with E-state index >= 15 is 0 Å². The molecule has 2 fully saturated rings. The lowest BCUT2D eigenvalue weighted by molar-refractivity contribution is -0.133. The zero-order valence-corrected chi connectivity index (χ0v) is 19.3. The molecular weight excluding hydrogens is 452 g/mol. The first kappa shape index (κ1) is 22.7. The van der Waals surface area contributed by atoms with Crippen molar-refractivity contribution in [2.45, 2.75) is 23.8 Å². The van der Waals surface area contributed by atoms with E-state index < -0.39 is 21.6 Å². The topological polar surface area (TPSA) is 90.0 Å². The van der Waals surface area contributed by atoms with Crippen molar-refractivity contribution in [2.24, 2.45) is 0 Å². The molecule has 2 aromatic rings. The standard InChI is InChI=1S/C22H25ClN4O4S/c1-2-22(17-8-4-3-5-9-17)20(28)27(21(29)24-22)16-25-12-14-26(15-13-25)32(30,31)19-11-7-6-10-18(19)23/h3-11H,2,12-16H2,1H3,(H,24,29)/t22-/m0/s1. The molecule has 0 aromatic heterocycles.